The van der Waals surface area contributed by atoms with E-state index in [-0.39, 0.29) is 24.0 Å². The number of ether oxygens (including phenoxy) is 2. The van der Waals surface area contributed by atoms with Crippen LogP contribution in [0.3, 0.4) is 0 Å². The number of benzene rings is 1. The number of nitrogens with zero attached hydrogens (tertiary/aromatic N) is 2. The lowest BCUT2D eigenvalue weighted by atomic mass is 10.2. The smallest absolute Gasteiger partial charge is 0.191 e. The van der Waals surface area contributed by atoms with Crippen molar-refractivity contribution in [2.24, 2.45) is 4.99 Å². The van der Waals surface area contributed by atoms with Crippen LogP contribution in [0.15, 0.2) is 53.8 Å². The second-order valence-electron chi connectivity index (χ2n) is 5.25. The summed E-state index contributed by atoms with van der Waals surface area (Å²) in [5, 5.41) is 6.52. The number of hydrogen-bond acceptors (Lipinski definition) is 3. The van der Waals surface area contributed by atoms with Crippen LogP contribution < -0.4 is 15.4 Å². The quantitative estimate of drug-likeness (QED) is 0.263. The number of methoxy groups -OCH3 is 1. The first-order chi connectivity index (χ1) is 11.8. The minimum atomic E-state index is 0. The van der Waals surface area contributed by atoms with Crippen LogP contribution in [-0.4, -0.2) is 44.4 Å². The van der Waals surface area contributed by atoms with Crippen molar-refractivity contribution in [2.45, 2.75) is 13.2 Å². The molecule has 0 fully saturated rings. The molecule has 0 saturated carbocycles. The summed E-state index contributed by atoms with van der Waals surface area (Å²) in [6.07, 6.45) is 4.09. The van der Waals surface area contributed by atoms with Gasteiger partial charge in [-0.3, -0.25) is 4.99 Å². The number of hydrogen-bond donors (Lipinski definition) is 2. The minimum Gasteiger partial charge on any atom is -0.497 e. The molecule has 0 spiro atoms. The maximum absolute atomic E-state index is 5.67. The van der Waals surface area contributed by atoms with Gasteiger partial charge in [0.05, 0.1) is 20.3 Å². The molecule has 1 aromatic heterocycles. The highest BCUT2D eigenvalue weighted by atomic mass is 127. The summed E-state index contributed by atoms with van der Waals surface area (Å²) in [6.45, 7) is 3.60. The van der Waals surface area contributed by atoms with Crippen LogP contribution in [0.25, 0.3) is 0 Å². The zero-order valence-electron chi connectivity index (χ0n) is 14.8. The molecule has 6 nitrogen and oxygen atoms in total. The molecule has 25 heavy (non-hydrogen) atoms. The molecule has 0 aliphatic rings. The third kappa shape index (κ3) is 8.26. The van der Waals surface area contributed by atoms with Gasteiger partial charge < -0.3 is 24.7 Å². The Kier molecular flexibility index (Phi) is 10.7. The Labute approximate surface area is 166 Å². The number of aromatic nitrogens is 1. The average molecular weight is 458 g/mol. The number of guanidine groups is 1. The zero-order chi connectivity index (χ0) is 17.0. The first-order valence-electron chi connectivity index (χ1n) is 8.08. The molecule has 0 bridgehead atoms. The van der Waals surface area contributed by atoms with Crippen molar-refractivity contribution in [3.63, 3.8) is 0 Å². The molecule has 0 aliphatic carbocycles. The van der Waals surface area contributed by atoms with Gasteiger partial charge in [0.1, 0.15) is 5.75 Å². The summed E-state index contributed by atoms with van der Waals surface area (Å²) < 4.78 is 13.0. The van der Waals surface area contributed by atoms with Crippen molar-refractivity contribution in [1.82, 2.24) is 15.2 Å². The van der Waals surface area contributed by atoms with E-state index >= 15 is 0 Å². The standard InChI is InChI=1S/C18H26N4O2.HI/c1-19-18(20-8-12-22-10-3-4-11-22)21-9-13-24-15-16-6-5-7-17(14-16)23-2;/h3-7,10-11,14H,8-9,12-13,15H2,1-2H3,(H2,19,20,21);1H. The van der Waals surface area contributed by atoms with Crippen LogP contribution in [0.1, 0.15) is 5.56 Å². The predicted molar refractivity (Wildman–Crippen MR) is 112 cm³/mol. The van der Waals surface area contributed by atoms with Gasteiger partial charge in [-0.15, -0.1) is 24.0 Å². The Bertz CT molecular complexity index is 617. The third-order valence-corrected chi connectivity index (χ3v) is 3.49. The van der Waals surface area contributed by atoms with E-state index in [1.54, 1.807) is 14.2 Å². The van der Waals surface area contributed by atoms with Crippen molar-refractivity contribution >= 4 is 29.9 Å². The highest BCUT2D eigenvalue weighted by Gasteiger charge is 1.99. The lowest BCUT2D eigenvalue weighted by Crippen LogP contribution is -2.40. The van der Waals surface area contributed by atoms with E-state index in [4.69, 9.17) is 9.47 Å². The number of halogens is 1. The van der Waals surface area contributed by atoms with E-state index in [1.165, 1.54) is 0 Å². The van der Waals surface area contributed by atoms with Crippen LogP contribution >= 0.6 is 24.0 Å². The Balaban J connectivity index is 0.00000312. The van der Waals surface area contributed by atoms with E-state index in [1.807, 2.05) is 48.8 Å². The van der Waals surface area contributed by atoms with Gasteiger partial charge in [0, 0.05) is 39.1 Å². The van der Waals surface area contributed by atoms with Gasteiger partial charge in [0.25, 0.3) is 0 Å². The largest absolute Gasteiger partial charge is 0.497 e. The molecule has 0 radical (unpaired) electrons. The van der Waals surface area contributed by atoms with Crippen LogP contribution in [0.5, 0.6) is 5.75 Å². The highest BCUT2D eigenvalue weighted by Crippen LogP contribution is 2.12. The van der Waals surface area contributed by atoms with Gasteiger partial charge in [0.2, 0.25) is 0 Å². The fraction of sp³-hybridized carbons (Fsp3) is 0.389. The van der Waals surface area contributed by atoms with Crippen molar-refractivity contribution in [1.29, 1.82) is 0 Å². The average Bonchev–Trinajstić information content (AvgIpc) is 3.13. The van der Waals surface area contributed by atoms with Gasteiger partial charge in [0.15, 0.2) is 5.96 Å². The van der Waals surface area contributed by atoms with Gasteiger partial charge >= 0.3 is 0 Å². The summed E-state index contributed by atoms with van der Waals surface area (Å²) in [6, 6.07) is 11.9. The molecule has 1 heterocycles. The van der Waals surface area contributed by atoms with Crippen molar-refractivity contribution in [3.8, 4) is 5.75 Å². The molecule has 1 aromatic carbocycles. The summed E-state index contributed by atoms with van der Waals surface area (Å²) in [5.41, 5.74) is 1.10. The van der Waals surface area contributed by atoms with Gasteiger partial charge in [-0.25, -0.2) is 0 Å². The van der Waals surface area contributed by atoms with E-state index in [0.29, 0.717) is 19.8 Å². The lowest BCUT2D eigenvalue weighted by molar-refractivity contribution is 0.125. The van der Waals surface area contributed by atoms with Crippen molar-refractivity contribution in [3.05, 3.63) is 54.4 Å². The van der Waals surface area contributed by atoms with Gasteiger partial charge in [-0.2, -0.15) is 0 Å². The van der Waals surface area contributed by atoms with E-state index in [2.05, 4.69) is 20.2 Å². The highest BCUT2D eigenvalue weighted by molar-refractivity contribution is 14.0. The first kappa shape index (κ1) is 21.3. The summed E-state index contributed by atoms with van der Waals surface area (Å²) in [7, 11) is 3.43. The Hall–Kier alpha value is -1.74. The van der Waals surface area contributed by atoms with Crippen LogP contribution in [0.2, 0.25) is 0 Å². The van der Waals surface area contributed by atoms with Gasteiger partial charge in [-0.05, 0) is 29.8 Å². The van der Waals surface area contributed by atoms with Crippen LogP contribution in [-0.2, 0) is 17.9 Å². The SMILES string of the molecule is CN=C(NCCOCc1cccc(OC)c1)NCCn1cccc1.I. The molecule has 0 aliphatic heterocycles. The number of aliphatic imine (C=N–C) groups is 1. The predicted octanol–water partition coefficient (Wildman–Crippen LogP) is 2.50. The molecule has 2 aromatic rings. The number of nitrogens with one attached hydrogen (secondary N) is 2. The summed E-state index contributed by atoms with van der Waals surface area (Å²) >= 11 is 0. The van der Waals surface area contributed by atoms with E-state index < -0.39 is 0 Å². The second kappa shape index (κ2) is 12.6. The van der Waals surface area contributed by atoms with Crippen molar-refractivity contribution < 1.29 is 9.47 Å². The molecule has 2 N–H and O–H groups in total. The Morgan fingerprint density at radius 2 is 1.88 bits per heavy atom. The normalized spacial score (nSPS) is 10.9. The molecule has 0 saturated heterocycles. The fourth-order valence-corrected chi connectivity index (χ4v) is 2.24. The molecule has 138 valence electrons. The lowest BCUT2D eigenvalue weighted by Gasteiger charge is -2.12. The first-order valence-corrected chi connectivity index (χ1v) is 8.08. The molecule has 2 rings (SSSR count). The molecular weight excluding hydrogens is 431 g/mol. The monoisotopic (exact) mass is 458 g/mol. The molecular formula is C18H27IN4O2. The molecule has 0 amide bonds. The third-order valence-electron chi connectivity index (χ3n) is 3.49. The number of rotatable bonds is 9. The molecule has 7 heteroatoms. The van der Waals surface area contributed by atoms with Crippen molar-refractivity contribution in [2.75, 3.05) is 33.9 Å². The fourth-order valence-electron chi connectivity index (χ4n) is 2.24. The van der Waals surface area contributed by atoms with Gasteiger partial charge in [-0.1, -0.05) is 12.1 Å². The minimum absolute atomic E-state index is 0. The summed E-state index contributed by atoms with van der Waals surface area (Å²) in [5.74, 6) is 1.63. The topological polar surface area (TPSA) is 59.8 Å². The maximum atomic E-state index is 5.67. The summed E-state index contributed by atoms with van der Waals surface area (Å²) in [4.78, 5) is 4.20. The molecule has 0 unspecified atom stereocenters. The van der Waals surface area contributed by atoms with Crippen LogP contribution in [0.4, 0.5) is 0 Å². The maximum Gasteiger partial charge on any atom is 0.191 e. The van der Waals surface area contributed by atoms with Crippen LogP contribution in [0, 0.1) is 0 Å². The van der Waals surface area contributed by atoms with E-state index in [9.17, 15) is 0 Å². The second-order valence-corrected chi connectivity index (χ2v) is 5.25. The van der Waals surface area contributed by atoms with E-state index in [0.717, 1.165) is 30.4 Å². The zero-order valence-corrected chi connectivity index (χ0v) is 17.1. The Morgan fingerprint density at radius 3 is 2.60 bits per heavy atom. The Morgan fingerprint density at radius 1 is 1.12 bits per heavy atom. The molecule has 0 atom stereocenters.